The van der Waals surface area contributed by atoms with Crippen molar-refractivity contribution >= 4 is 34.5 Å². The Morgan fingerprint density at radius 3 is 2.45 bits per heavy atom. The number of carbonyl (C=O) groups excluding carboxylic acids is 1. The van der Waals surface area contributed by atoms with E-state index in [1.54, 1.807) is 31.4 Å². The third-order valence-corrected chi connectivity index (χ3v) is 5.08. The molecule has 1 N–H and O–H groups in total. The second kappa shape index (κ2) is 8.83. The van der Waals surface area contributed by atoms with Crippen LogP contribution in [0.5, 0.6) is 11.5 Å². The van der Waals surface area contributed by atoms with Crippen molar-refractivity contribution in [3.63, 3.8) is 0 Å². The molecule has 0 aromatic heterocycles. The van der Waals surface area contributed by atoms with Crippen LogP contribution in [0.15, 0.2) is 63.7 Å². The fourth-order valence-corrected chi connectivity index (χ4v) is 3.64. The summed E-state index contributed by atoms with van der Waals surface area (Å²) in [5, 5.41) is 10.9. The molecule has 8 heteroatoms. The third kappa shape index (κ3) is 4.43. The van der Waals surface area contributed by atoms with Gasteiger partial charge in [0.1, 0.15) is 33.7 Å². The van der Waals surface area contributed by atoms with Crippen LogP contribution in [0, 0.1) is 5.82 Å². The van der Waals surface area contributed by atoms with Gasteiger partial charge >= 0.3 is 5.97 Å². The zero-order chi connectivity index (χ0) is 21.0. The molecule has 0 spiro atoms. The number of nitrogens with zero attached hydrogens (tertiary/aromatic N) is 1. The van der Waals surface area contributed by atoms with E-state index in [1.807, 2.05) is 0 Å². The minimum Gasteiger partial charge on any atom is -0.506 e. The number of thioether (sulfide) groups is 1. The van der Waals surface area contributed by atoms with Crippen LogP contribution >= 0.6 is 11.8 Å². The molecule has 29 heavy (non-hydrogen) atoms. The lowest BCUT2D eigenvalue weighted by Crippen LogP contribution is -2.10. The normalized spacial score (nSPS) is 16.4. The van der Waals surface area contributed by atoms with Crippen LogP contribution < -0.4 is 9.47 Å². The number of rotatable bonds is 5. The Balaban J connectivity index is 2.08. The standard InChI is InChI=1S/C21H18FNO5S/c1-26-15-8-9-16(27-2)12(10-15)11-17-19(24)18(21(25)28-3)20(29-17)23-14-6-4-13(22)5-7-14/h4-11,24H,1-3H3/b17-11+,23-20?. The molecule has 0 unspecified atom stereocenters. The Morgan fingerprint density at radius 2 is 1.83 bits per heavy atom. The van der Waals surface area contributed by atoms with Crippen LogP contribution in [0.3, 0.4) is 0 Å². The van der Waals surface area contributed by atoms with Crippen molar-refractivity contribution < 1.29 is 28.5 Å². The second-order valence-electron chi connectivity index (χ2n) is 5.83. The number of aliphatic hydroxyl groups excluding tert-OH is 1. The Morgan fingerprint density at radius 1 is 1.10 bits per heavy atom. The summed E-state index contributed by atoms with van der Waals surface area (Å²) in [5.74, 6) is -0.206. The van der Waals surface area contributed by atoms with Gasteiger partial charge < -0.3 is 19.3 Å². The Bertz CT molecular complexity index is 1030. The highest BCUT2D eigenvalue weighted by atomic mass is 32.2. The first-order chi connectivity index (χ1) is 14.0. The maximum atomic E-state index is 13.2. The van der Waals surface area contributed by atoms with Gasteiger partial charge in [-0.05, 0) is 48.5 Å². The van der Waals surface area contributed by atoms with Crippen molar-refractivity contribution in [3.8, 4) is 11.5 Å². The van der Waals surface area contributed by atoms with Crippen molar-refractivity contribution in [1.82, 2.24) is 0 Å². The van der Waals surface area contributed by atoms with Crippen LogP contribution in [0.25, 0.3) is 6.08 Å². The zero-order valence-electron chi connectivity index (χ0n) is 15.9. The molecule has 0 bridgehead atoms. The molecule has 0 amide bonds. The lowest BCUT2D eigenvalue weighted by molar-refractivity contribution is -0.135. The van der Waals surface area contributed by atoms with Crippen molar-refractivity contribution in [3.05, 3.63) is 70.1 Å². The highest BCUT2D eigenvalue weighted by Crippen LogP contribution is 2.41. The van der Waals surface area contributed by atoms with Crippen molar-refractivity contribution in [2.24, 2.45) is 4.99 Å². The first-order valence-corrected chi connectivity index (χ1v) is 9.26. The van der Waals surface area contributed by atoms with E-state index in [0.29, 0.717) is 27.7 Å². The van der Waals surface area contributed by atoms with Gasteiger partial charge in [0, 0.05) is 5.56 Å². The summed E-state index contributed by atoms with van der Waals surface area (Å²) >= 11 is 1.09. The molecule has 0 fully saturated rings. The number of aliphatic hydroxyl groups is 1. The first kappa shape index (κ1) is 20.5. The summed E-state index contributed by atoms with van der Waals surface area (Å²) in [7, 11) is 4.29. The van der Waals surface area contributed by atoms with Crippen LogP contribution in [0.4, 0.5) is 10.1 Å². The van der Waals surface area contributed by atoms with E-state index in [9.17, 15) is 14.3 Å². The molecular weight excluding hydrogens is 397 g/mol. The molecule has 150 valence electrons. The van der Waals surface area contributed by atoms with E-state index >= 15 is 0 Å². The third-order valence-electron chi connectivity index (χ3n) is 4.06. The molecule has 1 aliphatic heterocycles. The second-order valence-corrected chi connectivity index (χ2v) is 6.86. The Labute approximate surface area is 171 Å². The number of aliphatic imine (C=N–C) groups is 1. The fourth-order valence-electron chi connectivity index (χ4n) is 2.62. The van der Waals surface area contributed by atoms with Gasteiger partial charge in [0.2, 0.25) is 0 Å². The zero-order valence-corrected chi connectivity index (χ0v) is 16.7. The SMILES string of the molecule is COC(=O)C1=C(O)/C(=C\c2cc(OC)ccc2OC)SC1=Nc1ccc(F)cc1. The van der Waals surface area contributed by atoms with Crippen LogP contribution in [0.2, 0.25) is 0 Å². The Kier molecular flexibility index (Phi) is 6.23. The van der Waals surface area contributed by atoms with Crippen molar-refractivity contribution in [2.45, 2.75) is 0 Å². The van der Waals surface area contributed by atoms with E-state index in [4.69, 9.17) is 14.2 Å². The number of benzene rings is 2. The van der Waals surface area contributed by atoms with Crippen molar-refractivity contribution in [1.29, 1.82) is 0 Å². The van der Waals surface area contributed by atoms with Gasteiger partial charge in [0.25, 0.3) is 0 Å². The smallest absolute Gasteiger partial charge is 0.344 e. The van der Waals surface area contributed by atoms with Gasteiger partial charge in [-0.3, -0.25) is 0 Å². The molecule has 2 aromatic rings. The van der Waals surface area contributed by atoms with Crippen LogP contribution in [-0.4, -0.2) is 37.4 Å². The summed E-state index contributed by atoms with van der Waals surface area (Å²) in [6, 6.07) is 10.7. The number of hydrogen-bond acceptors (Lipinski definition) is 7. The predicted molar refractivity (Wildman–Crippen MR) is 110 cm³/mol. The molecule has 0 aliphatic carbocycles. The number of halogens is 1. The largest absolute Gasteiger partial charge is 0.506 e. The molecule has 1 heterocycles. The number of carbonyl (C=O) groups is 1. The highest BCUT2D eigenvalue weighted by Gasteiger charge is 2.33. The summed E-state index contributed by atoms with van der Waals surface area (Å²) < 4.78 is 28.5. The lowest BCUT2D eigenvalue weighted by Gasteiger charge is -2.08. The van der Waals surface area contributed by atoms with Gasteiger partial charge in [-0.1, -0.05) is 11.8 Å². The molecule has 3 rings (SSSR count). The summed E-state index contributed by atoms with van der Waals surface area (Å²) in [6.07, 6.45) is 1.66. The highest BCUT2D eigenvalue weighted by molar-refractivity contribution is 8.18. The quantitative estimate of drug-likeness (QED) is 0.717. The van der Waals surface area contributed by atoms with Gasteiger partial charge in [-0.2, -0.15) is 0 Å². The topological polar surface area (TPSA) is 77.4 Å². The molecule has 1 aliphatic rings. The molecule has 2 aromatic carbocycles. The Hall–Kier alpha value is -3.26. The lowest BCUT2D eigenvalue weighted by atomic mass is 10.1. The molecular formula is C21H18FNO5S. The average Bonchev–Trinajstić information content (AvgIpc) is 3.03. The summed E-state index contributed by atoms with van der Waals surface area (Å²) in [5.41, 5.74) is 1.02. The van der Waals surface area contributed by atoms with E-state index in [1.165, 1.54) is 38.5 Å². The molecule has 6 nitrogen and oxygen atoms in total. The van der Waals surface area contributed by atoms with Gasteiger partial charge in [-0.15, -0.1) is 0 Å². The minimum atomic E-state index is -0.725. The van der Waals surface area contributed by atoms with E-state index in [-0.39, 0.29) is 16.4 Å². The maximum absolute atomic E-state index is 13.2. The molecule has 0 radical (unpaired) electrons. The van der Waals surface area contributed by atoms with E-state index in [2.05, 4.69) is 4.99 Å². The van der Waals surface area contributed by atoms with E-state index < -0.39 is 11.8 Å². The van der Waals surface area contributed by atoms with Crippen LogP contribution in [-0.2, 0) is 9.53 Å². The molecule has 0 atom stereocenters. The molecule has 0 saturated carbocycles. The number of esters is 1. The van der Waals surface area contributed by atoms with Gasteiger partial charge in [0.05, 0.1) is 31.9 Å². The summed E-state index contributed by atoms with van der Waals surface area (Å²) in [6.45, 7) is 0. The van der Waals surface area contributed by atoms with Crippen molar-refractivity contribution in [2.75, 3.05) is 21.3 Å². The first-order valence-electron chi connectivity index (χ1n) is 8.45. The monoisotopic (exact) mass is 415 g/mol. The number of methoxy groups -OCH3 is 3. The number of hydrogen-bond donors (Lipinski definition) is 1. The minimum absolute atomic E-state index is 0.0602. The van der Waals surface area contributed by atoms with Gasteiger partial charge in [-0.25, -0.2) is 14.2 Å². The van der Waals surface area contributed by atoms with E-state index in [0.717, 1.165) is 11.8 Å². The maximum Gasteiger partial charge on any atom is 0.344 e. The van der Waals surface area contributed by atoms with Gasteiger partial charge in [0.15, 0.2) is 0 Å². The number of ether oxygens (including phenoxy) is 3. The predicted octanol–water partition coefficient (Wildman–Crippen LogP) is 4.65. The molecule has 0 saturated heterocycles. The fraction of sp³-hybridized carbons (Fsp3) is 0.143. The average molecular weight is 415 g/mol. The summed E-state index contributed by atoms with van der Waals surface area (Å²) in [4.78, 5) is 17.0. The van der Waals surface area contributed by atoms with Crippen LogP contribution in [0.1, 0.15) is 5.56 Å².